The lowest BCUT2D eigenvalue weighted by atomic mass is 10.4. The van der Waals surface area contributed by atoms with Gasteiger partial charge in [-0.2, -0.15) is 5.10 Å². The molecule has 1 N–H and O–H groups in total. The molecule has 0 spiro atoms. The zero-order chi connectivity index (χ0) is 17.2. The number of aromatic nitrogens is 5. The third-order valence-corrected chi connectivity index (χ3v) is 5.61. The Balaban J connectivity index is 1.84. The van der Waals surface area contributed by atoms with Gasteiger partial charge >= 0.3 is 0 Å². The maximum absolute atomic E-state index is 12.5. The maximum Gasteiger partial charge on any atom is 0.267 e. The van der Waals surface area contributed by atoms with Crippen molar-refractivity contribution < 1.29 is 8.42 Å². The average Bonchev–Trinajstić information content (AvgIpc) is 3.15. The molecule has 0 saturated carbocycles. The number of nitrogens with zero attached hydrogens (tertiary/aromatic N) is 5. The predicted octanol–water partition coefficient (Wildman–Crippen LogP) is 2.32. The number of hydrogen-bond donors (Lipinski definition) is 1. The predicted molar refractivity (Wildman–Crippen MR) is 91.2 cm³/mol. The second-order valence-corrected chi connectivity index (χ2v) is 7.70. The Morgan fingerprint density at radius 2 is 2.12 bits per heavy atom. The Morgan fingerprint density at radius 3 is 2.83 bits per heavy atom. The Hall–Kier alpha value is -2.33. The summed E-state index contributed by atoms with van der Waals surface area (Å²) < 4.78 is 29.2. The highest BCUT2D eigenvalue weighted by molar-refractivity contribution is 7.93. The minimum Gasteiger partial charge on any atom is -0.271 e. The third-order valence-electron chi connectivity index (χ3n) is 3.17. The van der Waals surface area contributed by atoms with Gasteiger partial charge in [-0.3, -0.25) is 14.4 Å². The standard InChI is InChI=1S/C14H16N6O2S2/c1-3-8-20-9-12(10(2)18-20)24(21,22)19-14-17-16-13(23-14)11-6-4-5-7-15-11/h4-7,9H,3,8H2,1-2H3,(H,17,19). The molecule has 0 bridgehead atoms. The SMILES string of the molecule is CCCn1cc(S(=O)(=O)Nc2nnc(-c3ccccn3)s2)c(C)n1. The van der Waals surface area contributed by atoms with Crippen LogP contribution in [0.1, 0.15) is 19.0 Å². The third kappa shape index (κ3) is 3.44. The van der Waals surface area contributed by atoms with Crippen LogP contribution in [0.25, 0.3) is 10.7 Å². The number of rotatable bonds is 6. The summed E-state index contributed by atoms with van der Waals surface area (Å²) in [7, 11) is -3.76. The van der Waals surface area contributed by atoms with Crippen LogP contribution in [0.3, 0.4) is 0 Å². The van der Waals surface area contributed by atoms with Gasteiger partial charge in [-0.05, 0) is 25.5 Å². The molecule has 0 aliphatic carbocycles. The van der Waals surface area contributed by atoms with Crippen LogP contribution in [-0.2, 0) is 16.6 Å². The largest absolute Gasteiger partial charge is 0.271 e. The van der Waals surface area contributed by atoms with Crippen molar-refractivity contribution in [2.45, 2.75) is 31.7 Å². The van der Waals surface area contributed by atoms with E-state index >= 15 is 0 Å². The summed E-state index contributed by atoms with van der Waals surface area (Å²) in [5.74, 6) is 0. The average molecular weight is 364 g/mol. The second kappa shape index (κ2) is 6.65. The number of aryl methyl sites for hydroxylation is 2. The van der Waals surface area contributed by atoms with Gasteiger partial charge in [0, 0.05) is 18.9 Å². The normalized spacial score (nSPS) is 11.6. The molecule has 0 amide bonds. The fourth-order valence-electron chi connectivity index (χ4n) is 2.13. The number of pyridine rings is 1. The molecule has 0 aliphatic heterocycles. The van der Waals surface area contributed by atoms with E-state index in [1.165, 1.54) is 6.20 Å². The zero-order valence-corrected chi connectivity index (χ0v) is 14.8. The number of hydrogen-bond acceptors (Lipinski definition) is 7. The lowest BCUT2D eigenvalue weighted by molar-refractivity contribution is 0.594. The summed E-state index contributed by atoms with van der Waals surface area (Å²) in [6.45, 7) is 4.34. The molecule has 0 aliphatic rings. The molecule has 3 rings (SSSR count). The summed E-state index contributed by atoms with van der Waals surface area (Å²) >= 11 is 1.13. The van der Waals surface area contributed by atoms with Crippen molar-refractivity contribution in [1.29, 1.82) is 0 Å². The minimum absolute atomic E-state index is 0.144. The Labute approximate surface area is 143 Å². The van der Waals surface area contributed by atoms with Crippen LogP contribution in [0.15, 0.2) is 35.5 Å². The van der Waals surface area contributed by atoms with Gasteiger partial charge in [-0.1, -0.05) is 24.3 Å². The molecule has 8 nitrogen and oxygen atoms in total. The molecular formula is C14H16N6O2S2. The van der Waals surface area contributed by atoms with E-state index in [-0.39, 0.29) is 10.0 Å². The highest BCUT2D eigenvalue weighted by Crippen LogP contribution is 2.26. The summed E-state index contributed by atoms with van der Waals surface area (Å²) in [5.41, 5.74) is 1.10. The molecule has 126 valence electrons. The molecule has 0 unspecified atom stereocenters. The molecule has 0 radical (unpaired) electrons. The first-order valence-corrected chi connectivity index (χ1v) is 9.61. The lowest BCUT2D eigenvalue weighted by Gasteiger charge is -2.02. The number of sulfonamides is 1. The molecular weight excluding hydrogens is 348 g/mol. The molecule has 0 fully saturated rings. The molecule has 3 heterocycles. The molecule has 3 aromatic heterocycles. The summed E-state index contributed by atoms with van der Waals surface area (Å²) in [6.07, 6.45) is 4.05. The van der Waals surface area contributed by atoms with Crippen molar-refractivity contribution in [2.24, 2.45) is 0 Å². The molecule has 10 heteroatoms. The first-order valence-electron chi connectivity index (χ1n) is 7.31. The van der Waals surface area contributed by atoms with Crippen molar-refractivity contribution >= 4 is 26.5 Å². The van der Waals surface area contributed by atoms with Crippen molar-refractivity contribution in [3.05, 3.63) is 36.3 Å². The number of anilines is 1. The fraction of sp³-hybridized carbons (Fsp3) is 0.286. The summed E-state index contributed by atoms with van der Waals surface area (Å²) in [4.78, 5) is 4.32. The van der Waals surface area contributed by atoms with Crippen LogP contribution >= 0.6 is 11.3 Å². The Morgan fingerprint density at radius 1 is 1.29 bits per heavy atom. The summed E-state index contributed by atoms with van der Waals surface area (Å²) in [6, 6.07) is 5.42. The van der Waals surface area contributed by atoms with Gasteiger partial charge in [0.2, 0.25) is 5.13 Å². The zero-order valence-electron chi connectivity index (χ0n) is 13.2. The van der Waals surface area contributed by atoms with Crippen molar-refractivity contribution in [1.82, 2.24) is 25.0 Å². The minimum atomic E-state index is -3.76. The number of nitrogens with one attached hydrogen (secondary N) is 1. The van der Waals surface area contributed by atoms with Crippen molar-refractivity contribution in [3.63, 3.8) is 0 Å². The van der Waals surface area contributed by atoms with Crippen molar-refractivity contribution in [3.8, 4) is 10.7 Å². The van der Waals surface area contributed by atoms with Crippen LogP contribution in [0.2, 0.25) is 0 Å². The molecule has 0 saturated heterocycles. The van der Waals surface area contributed by atoms with E-state index in [1.54, 1.807) is 29.9 Å². The van der Waals surface area contributed by atoms with Gasteiger partial charge in [0.15, 0.2) is 5.01 Å². The van der Waals surface area contributed by atoms with Gasteiger partial charge in [0.25, 0.3) is 10.0 Å². The second-order valence-electron chi connectivity index (χ2n) is 5.07. The first kappa shape index (κ1) is 16.5. The van der Waals surface area contributed by atoms with E-state index in [0.29, 0.717) is 22.9 Å². The Bertz CT molecular complexity index is 933. The van der Waals surface area contributed by atoms with Gasteiger partial charge in [0.1, 0.15) is 10.6 Å². The quantitative estimate of drug-likeness (QED) is 0.720. The van der Waals surface area contributed by atoms with E-state index < -0.39 is 10.0 Å². The van der Waals surface area contributed by atoms with Crippen LogP contribution in [0.4, 0.5) is 5.13 Å². The molecule has 24 heavy (non-hydrogen) atoms. The topological polar surface area (TPSA) is 103 Å². The monoisotopic (exact) mass is 364 g/mol. The highest BCUT2D eigenvalue weighted by Gasteiger charge is 2.22. The molecule has 0 atom stereocenters. The van der Waals surface area contributed by atoms with E-state index in [1.807, 2.05) is 13.0 Å². The van der Waals surface area contributed by atoms with Crippen LogP contribution < -0.4 is 4.72 Å². The highest BCUT2D eigenvalue weighted by atomic mass is 32.2. The summed E-state index contributed by atoms with van der Waals surface area (Å²) in [5, 5.41) is 12.8. The van der Waals surface area contributed by atoms with Crippen molar-refractivity contribution in [2.75, 3.05) is 4.72 Å². The van der Waals surface area contributed by atoms with Gasteiger partial charge < -0.3 is 0 Å². The first-order chi connectivity index (χ1) is 11.5. The van der Waals surface area contributed by atoms with Crippen LogP contribution in [0, 0.1) is 6.92 Å². The lowest BCUT2D eigenvalue weighted by Crippen LogP contribution is -2.13. The maximum atomic E-state index is 12.5. The smallest absolute Gasteiger partial charge is 0.267 e. The van der Waals surface area contributed by atoms with Crippen LogP contribution in [0.5, 0.6) is 0 Å². The van der Waals surface area contributed by atoms with Gasteiger partial charge in [-0.25, -0.2) is 8.42 Å². The van der Waals surface area contributed by atoms with Gasteiger partial charge in [-0.15, -0.1) is 10.2 Å². The van der Waals surface area contributed by atoms with E-state index in [9.17, 15) is 8.42 Å². The van der Waals surface area contributed by atoms with E-state index in [4.69, 9.17) is 0 Å². The van der Waals surface area contributed by atoms with E-state index in [2.05, 4.69) is 25.0 Å². The molecule has 0 aromatic carbocycles. The molecule has 3 aromatic rings. The van der Waals surface area contributed by atoms with Crippen LogP contribution in [-0.4, -0.2) is 33.4 Å². The van der Waals surface area contributed by atoms with E-state index in [0.717, 1.165) is 17.8 Å². The fourth-order valence-corrected chi connectivity index (χ4v) is 4.27. The van der Waals surface area contributed by atoms with Gasteiger partial charge in [0.05, 0.1) is 5.69 Å². The Kier molecular flexibility index (Phi) is 4.58.